The highest BCUT2D eigenvalue weighted by Crippen LogP contribution is 2.33. The van der Waals surface area contributed by atoms with E-state index in [9.17, 15) is 4.79 Å². The van der Waals surface area contributed by atoms with Crippen LogP contribution >= 0.6 is 11.3 Å². The molecule has 0 fully saturated rings. The number of hydrogen-bond donors (Lipinski definition) is 1. The van der Waals surface area contributed by atoms with Crippen molar-refractivity contribution in [3.05, 3.63) is 82.4 Å². The van der Waals surface area contributed by atoms with E-state index in [2.05, 4.69) is 15.0 Å². The molecule has 0 radical (unpaired) electrons. The van der Waals surface area contributed by atoms with Crippen LogP contribution in [-0.4, -0.2) is 24.9 Å². The van der Waals surface area contributed by atoms with E-state index in [0.29, 0.717) is 38.9 Å². The van der Waals surface area contributed by atoms with Crippen molar-refractivity contribution in [1.29, 1.82) is 0 Å². The number of furan rings is 1. The number of rotatable bonds is 3. The molecule has 0 aliphatic rings. The molecule has 1 aromatic carbocycles. The van der Waals surface area contributed by atoms with Gasteiger partial charge in [0.15, 0.2) is 11.4 Å². The molecule has 154 valence electrons. The summed E-state index contributed by atoms with van der Waals surface area (Å²) < 4.78 is 5.87. The first-order valence-electron chi connectivity index (χ1n) is 9.92. The first-order chi connectivity index (χ1) is 15.7. The van der Waals surface area contributed by atoms with Gasteiger partial charge >= 0.3 is 0 Å². The van der Waals surface area contributed by atoms with E-state index in [0.717, 1.165) is 22.2 Å². The first kappa shape index (κ1) is 18.6. The summed E-state index contributed by atoms with van der Waals surface area (Å²) in [5.41, 5.74) is 4.18. The highest BCUT2D eigenvalue weighted by Gasteiger charge is 2.18. The number of pyridine rings is 2. The van der Waals surface area contributed by atoms with Gasteiger partial charge in [-0.15, -0.1) is 11.3 Å². The van der Waals surface area contributed by atoms with E-state index < -0.39 is 0 Å². The lowest BCUT2D eigenvalue weighted by atomic mass is 10.0. The molecule has 0 aliphatic carbocycles. The molecule has 32 heavy (non-hydrogen) atoms. The molecule has 0 atom stereocenters. The zero-order valence-corrected chi connectivity index (χ0v) is 17.7. The van der Waals surface area contributed by atoms with Crippen molar-refractivity contribution >= 4 is 33.4 Å². The minimum Gasteiger partial charge on any atom is -0.460 e. The molecule has 0 bridgehead atoms. The van der Waals surface area contributed by atoms with E-state index in [1.807, 2.05) is 54.8 Å². The minimum absolute atomic E-state index is 0.257. The van der Waals surface area contributed by atoms with Crippen LogP contribution in [-0.2, 0) is 0 Å². The van der Waals surface area contributed by atoms with Crippen LogP contribution < -0.4 is 5.56 Å². The van der Waals surface area contributed by atoms with Crippen molar-refractivity contribution in [1.82, 2.24) is 24.9 Å². The Morgan fingerprint density at radius 1 is 0.938 bits per heavy atom. The number of fused-ring (bicyclic) bond motifs is 2. The molecule has 0 unspecified atom stereocenters. The van der Waals surface area contributed by atoms with Gasteiger partial charge in [-0.05, 0) is 43.3 Å². The number of thiazole rings is 1. The van der Waals surface area contributed by atoms with E-state index in [1.165, 1.54) is 11.3 Å². The molecule has 1 N–H and O–H groups in total. The molecule has 6 rings (SSSR count). The Labute approximate surface area is 185 Å². The fourth-order valence-electron chi connectivity index (χ4n) is 3.69. The summed E-state index contributed by atoms with van der Waals surface area (Å²) in [6, 6.07) is 15.4. The summed E-state index contributed by atoms with van der Waals surface area (Å²) in [7, 11) is 0. The Kier molecular flexibility index (Phi) is 4.19. The van der Waals surface area contributed by atoms with Gasteiger partial charge in [-0.2, -0.15) is 0 Å². The van der Waals surface area contributed by atoms with Gasteiger partial charge in [0.1, 0.15) is 27.7 Å². The Balaban J connectivity index is 1.64. The molecule has 0 saturated heterocycles. The van der Waals surface area contributed by atoms with E-state index in [4.69, 9.17) is 14.4 Å². The number of aromatic amines is 1. The number of benzene rings is 1. The maximum Gasteiger partial charge on any atom is 0.260 e. The van der Waals surface area contributed by atoms with Crippen LogP contribution in [0.5, 0.6) is 0 Å². The van der Waals surface area contributed by atoms with E-state index in [-0.39, 0.29) is 5.56 Å². The predicted octanol–water partition coefficient (Wildman–Crippen LogP) is 5.23. The summed E-state index contributed by atoms with van der Waals surface area (Å²) in [6.07, 6.45) is 3.44. The lowest BCUT2D eigenvalue weighted by molar-refractivity contribution is 0.546. The second kappa shape index (κ2) is 7.21. The van der Waals surface area contributed by atoms with E-state index >= 15 is 0 Å². The first-order valence-corrected chi connectivity index (χ1v) is 10.8. The molecule has 5 aromatic heterocycles. The maximum absolute atomic E-state index is 12.7. The van der Waals surface area contributed by atoms with Crippen LogP contribution in [0, 0.1) is 6.92 Å². The summed E-state index contributed by atoms with van der Waals surface area (Å²) in [5, 5.41) is 3.47. The smallest absolute Gasteiger partial charge is 0.260 e. The molecule has 0 amide bonds. The van der Waals surface area contributed by atoms with Crippen molar-refractivity contribution < 1.29 is 4.42 Å². The summed E-state index contributed by atoms with van der Waals surface area (Å²) in [6.45, 7) is 1.88. The molecule has 0 spiro atoms. The minimum atomic E-state index is -0.257. The Bertz CT molecular complexity index is 1670. The van der Waals surface area contributed by atoms with Gasteiger partial charge in [-0.1, -0.05) is 12.1 Å². The number of nitrogens with zero attached hydrogens (tertiary/aromatic N) is 4. The lowest BCUT2D eigenvalue weighted by Crippen LogP contribution is -2.10. The monoisotopic (exact) mass is 437 g/mol. The van der Waals surface area contributed by atoms with Crippen molar-refractivity contribution in [2.45, 2.75) is 6.92 Å². The van der Waals surface area contributed by atoms with Gasteiger partial charge in [-0.25, -0.2) is 15.0 Å². The highest BCUT2D eigenvalue weighted by molar-refractivity contribution is 7.13. The average molecular weight is 437 g/mol. The summed E-state index contributed by atoms with van der Waals surface area (Å²) >= 11 is 1.40. The Hall–Kier alpha value is -4.17. The van der Waals surface area contributed by atoms with Gasteiger partial charge in [0.2, 0.25) is 0 Å². The molecule has 6 aromatic rings. The fourth-order valence-corrected chi connectivity index (χ4v) is 4.34. The van der Waals surface area contributed by atoms with Gasteiger partial charge in [0.25, 0.3) is 5.56 Å². The van der Waals surface area contributed by atoms with Crippen LogP contribution in [0.2, 0.25) is 0 Å². The number of hydrogen-bond acceptors (Lipinski definition) is 7. The third kappa shape index (κ3) is 3.09. The highest BCUT2D eigenvalue weighted by atomic mass is 32.1. The SMILES string of the molecule is Cc1ccc(-c2nc3[nH]c(=O)c(-c4nccs4)cc3nc2-c2ccc3ncccc3c2)o1. The van der Waals surface area contributed by atoms with Gasteiger partial charge in [-0.3, -0.25) is 9.78 Å². The largest absolute Gasteiger partial charge is 0.460 e. The molecule has 5 heterocycles. The summed E-state index contributed by atoms with van der Waals surface area (Å²) in [5.74, 6) is 1.35. The zero-order chi connectivity index (χ0) is 21.7. The molecular formula is C24H15N5O2S. The van der Waals surface area contributed by atoms with Crippen LogP contribution in [0.1, 0.15) is 5.76 Å². The van der Waals surface area contributed by atoms with Crippen LogP contribution in [0.4, 0.5) is 0 Å². The van der Waals surface area contributed by atoms with Crippen LogP contribution in [0.25, 0.3) is 55.3 Å². The topological polar surface area (TPSA) is 97.6 Å². The second-order valence-electron chi connectivity index (χ2n) is 7.33. The predicted molar refractivity (Wildman–Crippen MR) is 124 cm³/mol. The van der Waals surface area contributed by atoms with Crippen molar-refractivity contribution in [2.75, 3.05) is 0 Å². The number of H-pyrrole nitrogens is 1. The quantitative estimate of drug-likeness (QED) is 0.407. The number of aromatic nitrogens is 5. The average Bonchev–Trinajstić information content (AvgIpc) is 3.49. The fraction of sp³-hybridized carbons (Fsp3) is 0.0417. The van der Waals surface area contributed by atoms with Crippen molar-refractivity contribution in [2.24, 2.45) is 0 Å². The molecule has 7 nitrogen and oxygen atoms in total. The third-order valence-corrected chi connectivity index (χ3v) is 6.00. The number of aryl methyl sites for hydroxylation is 1. The van der Waals surface area contributed by atoms with Gasteiger partial charge < -0.3 is 9.40 Å². The standard InChI is InChI=1S/C24H15N5O2S/c1-13-4-7-19(31-13)21-20(15-5-6-17-14(11-15)3-2-8-25-17)27-18-12-16(24-26-9-10-32-24)23(30)29-22(18)28-21/h2-12H,1H3,(H,28,29,30). The molecule has 0 aliphatic heterocycles. The van der Waals surface area contributed by atoms with Crippen molar-refractivity contribution in [3.63, 3.8) is 0 Å². The lowest BCUT2D eigenvalue weighted by Gasteiger charge is -2.10. The molecule has 0 saturated carbocycles. The summed E-state index contributed by atoms with van der Waals surface area (Å²) in [4.78, 5) is 33.9. The molecule has 8 heteroatoms. The number of nitrogens with one attached hydrogen (secondary N) is 1. The normalized spacial score (nSPS) is 11.4. The maximum atomic E-state index is 12.7. The Morgan fingerprint density at radius 2 is 1.88 bits per heavy atom. The van der Waals surface area contributed by atoms with Crippen LogP contribution in [0.3, 0.4) is 0 Å². The van der Waals surface area contributed by atoms with E-state index in [1.54, 1.807) is 18.5 Å². The van der Waals surface area contributed by atoms with Gasteiger partial charge in [0, 0.05) is 28.7 Å². The molecular weight excluding hydrogens is 422 g/mol. The van der Waals surface area contributed by atoms with Crippen molar-refractivity contribution in [3.8, 4) is 33.3 Å². The second-order valence-corrected chi connectivity index (χ2v) is 8.22. The van der Waals surface area contributed by atoms with Crippen LogP contribution in [0.15, 0.2) is 75.5 Å². The third-order valence-electron chi connectivity index (χ3n) is 5.19. The zero-order valence-electron chi connectivity index (χ0n) is 16.9. The Morgan fingerprint density at radius 3 is 2.69 bits per heavy atom. The van der Waals surface area contributed by atoms with Gasteiger partial charge in [0.05, 0.1) is 11.1 Å².